The van der Waals surface area contributed by atoms with E-state index in [-0.39, 0.29) is 17.9 Å². The van der Waals surface area contributed by atoms with Gasteiger partial charge in [-0.15, -0.1) is 0 Å². The number of hydrogen-bond acceptors (Lipinski definition) is 3. The van der Waals surface area contributed by atoms with Gasteiger partial charge in [0.1, 0.15) is 17.3 Å². The summed E-state index contributed by atoms with van der Waals surface area (Å²) in [7, 11) is 1.79. The van der Waals surface area contributed by atoms with Crippen LogP contribution in [0.1, 0.15) is 25.3 Å². The summed E-state index contributed by atoms with van der Waals surface area (Å²) >= 11 is 0. The van der Waals surface area contributed by atoms with Crippen LogP contribution < -0.4 is 10.1 Å². The number of halogens is 1. The van der Waals surface area contributed by atoms with Crippen LogP contribution >= 0.6 is 0 Å². The molecule has 1 aromatic heterocycles. The summed E-state index contributed by atoms with van der Waals surface area (Å²) in [6, 6.07) is 15.9. The number of nitrogens with one attached hydrogen (secondary N) is 1. The van der Waals surface area contributed by atoms with Crippen LogP contribution in [-0.2, 0) is 13.6 Å². The Bertz CT molecular complexity index is 1030. The number of rotatable bonds is 7. The Hall–Kier alpha value is -3.35. The fourth-order valence-electron chi connectivity index (χ4n) is 3.47. The summed E-state index contributed by atoms with van der Waals surface area (Å²) in [5.74, 6) is 0.505. The lowest BCUT2D eigenvalue weighted by atomic mass is 10.1. The topological polar surface area (TPSA) is 59.4 Å². The molecule has 0 bridgehead atoms. The first-order chi connectivity index (χ1) is 14.6. The van der Waals surface area contributed by atoms with Crippen LogP contribution in [0, 0.1) is 5.82 Å². The van der Waals surface area contributed by atoms with Gasteiger partial charge >= 0.3 is 6.03 Å². The zero-order chi connectivity index (χ0) is 21.1. The molecule has 1 N–H and O–H groups in total. The number of aryl methyl sites for hydroxylation is 1. The Morgan fingerprint density at radius 3 is 2.67 bits per heavy atom. The van der Waals surface area contributed by atoms with Gasteiger partial charge in [-0.2, -0.15) is 5.10 Å². The van der Waals surface area contributed by atoms with Crippen LogP contribution in [0.4, 0.5) is 9.18 Å². The van der Waals surface area contributed by atoms with E-state index in [4.69, 9.17) is 4.74 Å². The maximum absolute atomic E-state index is 13.7. The minimum absolute atomic E-state index is 0.0976. The number of benzene rings is 2. The normalized spacial score (nSPS) is 13.2. The molecule has 2 amide bonds. The molecule has 0 aliphatic heterocycles. The number of aromatic nitrogens is 2. The molecule has 1 aliphatic carbocycles. The van der Waals surface area contributed by atoms with Gasteiger partial charge < -0.3 is 15.0 Å². The zero-order valence-electron chi connectivity index (χ0n) is 17.1. The van der Waals surface area contributed by atoms with E-state index in [0.29, 0.717) is 24.7 Å². The number of hydrogen-bond donors (Lipinski definition) is 1. The molecule has 0 saturated heterocycles. The molecule has 2 aromatic carbocycles. The average Bonchev–Trinajstić information content (AvgIpc) is 3.53. The molecule has 3 aromatic rings. The van der Waals surface area contributed by atoms with Crippen molar-refractivity contribution in [1.82, 2.24) is 20.0 Å². The molecule has 1 heterocycles. The molecule has 0 spiro atoms. The van der Waals surface area contributed by atoms with E-state index in [1.807, 2.05) is 42.2 Å². The second-order valence-corrected chi connectivity index (χ2v) is 7.38. The molecule has 7 heteroatoms. The number of ether oxygens (including phenoxy) is 1. The van der Waals surface area contributed by atoms with Crippen molar-refractivity contribution in [2.75, 3.05) is 6.54 Å². The fraction of sp³-hybridized carbons (Fsp3) is 0.304. The van der Waals surface area contributed by atoms with E-state index in [1.54, 1.807) is 23.9 Å². The van der Waals surface area contributed by atoms with Crippen LogP contribution in [0.25, 0.3) is 11.3 Å². The van der Waals surface area contributed by atoms with Crippen LogP contribution in [0.5, 0.6) is 11.6 Å². The molecule has 156 valence electrons. The van der Waals surface area contributed by atoms with Gasteiger partial charge in [0.2, 0.25) is 5.88 Å². The van der Waals surface area contributed by atoms with Gasteiger partial charge in [-0.3, -0.25) is 0 Å². The predicted molar refractivity (Wildman–Crippen MR) is 113 cm³/mol. The lowest BCUT2D eigenvalue weighted by Gasteiger charge is -2.23. The minimum atomic E-state index is -0.374. The molecule has 1 saturated carbocycles. The standard InChI is InChI=1S/C23H25FN4O2/c1-3-25-23(29)28(18-12-13-18)15-20-21(16-8-5-4-6-9-16)26-27(2)22(20)30-19-11-7-10-17(24)14-19/h4-11,14,18H,3,12-13,15H2,1-2H3,(H,25,29). The molecule has 1 aliphatic rings. The van der Waals surface area contributed by atoms with Gasteiger partial charge in [-0.25, -0.2) is 13.9 Å². The highest BCUT2D eigenvalue weighted by Gasteiger charge is 2.34. The Balaban J connectivity index is 1.75. The fourth-order valence-corrected chi connectivity index (χ4v) is 3.47. The maximum Gasteiger partial charge on any atom is 0.317 e. The van der Waals surface area contributed by atoms with E-state index >= 15 is 0 Å². The summed E-state index contributed by atoms with van der Waals surface area (Å²) in [5.41, 5.74) is 2.48. The molecule has 0 atom stereocenters. The Morgan fingerprint density at radius 2 is 2.00 bits per heavy atom. The lowest BCUT2D eigenvalue weighted by molar-refractivity contribution is 0.192. The number of carbonyl (C=O) groups excluding carboxylic acids is 1. The number of carbonyl (C=O) groups is 1. The lowest BCUT2D eigenvalue weighted by Crippen LogP contribution is -2.40. The van der Waals surface area contributed by atoms with Crippen LogP contribution in [0.2, 0.25) is 0 Å². The van der Waals surface area contributed by atoms with Crippen LogP contribution in [0.3, 0.4) is 0 Å². The van der Waals surface area contributed by atoms with Gasteiger partial charge in [0.05, 0.1) is 12.1 Å². The van der Waals surface area contributed by atoms with Crippen molar-refractivity contribution in [2.45, 2.75) is 32.4 Å². The third kappa shape index (κ3) is 4.30. The quantitative estimate of drug-likeness (QED) is 0.616. The predicted octanol–water partition coefficient (Wildman–Crippen LogP) is 4.71. The molecular formula is C23H25FN4O2. The Kier molecular flexibility index (Phi) is 5.70. The first kappa shape index (κ1) is 19.9. The smallest absolute Gasteiger partial charge is 0.317 e. The number of urea groups is 1. The summed E-state index contributed by atoms with van der Waals surface area (Å²) in [4.78, 5) is 14.5. The van der Waals surface area contributed by atoms with Crippen molar-refractivity contribution in [1.29, 1.82) is 0 Å². The summed E-state index contributed by atoms with van der Waals surface area (Å²) in [5, 5.41) is 7.58. The molecule has 0 unspecified atom stereocenters. The van der Waals surface area contributed by atoms with Crippen LogP contribution in [0.15, 0.2) is 54.6 Å². The monoisotopic (exact) mass is 408 g/mol. The van der Waals surface area contributed by atoms with E-state index in [2.05, 4.69) is 10.4 Å². The van der Waals surface area contributed by atoms with E-state index < -0.39 is 0 Å². The molecular weight excluding hydrogens is 383 g/mol. The largest absolute Gasteiger partial charge is 0.439 e. The van der Waals surface area contributed by atoms with Crippen LogP contribution in [-0.4, -0.2) is 33.3 Å². The van der Waals surface area contributed by atoms with Crippen molar-refractivity contribution in [3.05, 3.63) is 66.0 Å². The number of nitrogens with zero attached hydrogens (tertiary/aromatic N) is 3. The Labute approximate surface area is 175 Å². The van der Waals surface area contributed by atoms with Crippen molar-refractivity contribution < 1.29 is 13.9 Å². The van der Waals surface area contributed by atoms with Crippen molar-refractivity contribution in [2.24, 2.45) is 7.05 Å². The third-order valence-corrected chi connectivity index (χ3v) is 5.05. The summed E-state index contributed by atoms with van der Waals surface area (Å²) in [6.07, 6.45) is 1.97. The molecule has 0 radical (unpaired) electrons. The first-order valence-corrected chi connectivity index (χ1v) is 10.2. The van der Waals surface area contributed by atoms with Crippen molar-refractivity contribution in [3.63, 3.8) is 0 Å². The molecule has 4 rings (SSSR count). The van der Waals surface area contributed by atoms with E-state index in [0.717, 1.165) is 29.7 Å². The van der Waals surface area contributed by atoms with Gasteiger partial charge in [0.25, 0.3) is 0 Å². The van der Waals surface area contributed by atoms with Gasteiger partial charge in [0.15, 0.2) is 0 Å². The van der Waals surface area contributed by atoms with Gasteiger partial charge in [0, 0.05) is 31.3 Å². The zero-order valence-corrected chi connectivity index (χ0v) is 17.1. The summed E-state index contributed by atoms with van der Waals surface area (Å²) < 4.78 is 21.4. The molecule has 1 fully saturated rings. The summed E-state index contributed by atoms with van der Waals surface area (Å²) in [6.45, 7) is 2.83. The van der Waals surface area contributed by atoms with Crippen molar-refractivity contribution in [3.8, 4) is 22.9 Å². The van der Waals surface area contributed by atoms with E-state index in [1.165, 1.54) is 12.1 Å². The third-order valence-electron chi connectivity index (χ3n) is 5.05. The van der Waals surface area contributed by atoms with Gasteiger partial charge in [-0.05, 0) is 31.9 Å². The second-order valence-electron chi connectivity index (χ2n) is 7.38. The highest BCUT2D eigenvalue weighted by atomic mass is 19.1. The highest BCUT2D eigenvalue weighted by molar-refractivity contribution is 5.76. The van der Waals surface area contributed by atoms with Crippen molar-refractivity contribution >= 4 is 6.03 Å². The minimum Gasteiger partial charge on any atom is -0.439 e. The highest BCUT2D eigenvalue weighted by Crippen LogP contribution is 2.37. The number of amides is 2. The average molecular weight is 408 g/mol. The molecule has 30 heavy (non-hydrogen) atoms. The second kappa shape index (κ2) is 8.57. The van der Waals surface area contributed by atoms with E-state index in [9.17, 15) is 9.18 Å². The molecule has 6 nitrogen and oxygen atoms in total. The SMILES string of the molecule is CCNC(=O)N(Cc1c(-c2ccccc2)nn(C)c1Oc1cccc(F)c1)C1CC1. The Morgan fingerprint density at radius 1 is 1.23 bits per heavy atom. The first-order valence-electron chi connectivity index (χ1n) is 10.2. The van der Waals surface area contributed by atoms with Gasteiger partial charge in [-0.1, -0.05) is 36.4 Å². The maximum atomic E-state index is 13.7.